The Morgan fingerprint density at radius 3 is 2.80 bits per heavy atom. The van der Waals surface area contributed by atoms with Gasteiger partial charge in [0.25, 0.3) is 5.91 Å². The Morgan fingerprint density at radius 1 is 1.35 bits per heavy atom. The van der Waals surface area contributed by atoms with Crippen LogP contribution in [0.4, 0.5) is 11.5 Å². The van der Waals surface area contributed by atoms with E-state index >= 15 is 0 Å². The van der Waals surface area contributed by atoms with E-state index in [1.165, 1.54) is 0 Å². The van der Waals surface area contributed by atoms with Crippen molar-refractivity contribution < 1.29 is 4.79 Å². The monoisotopic (exact) mass is 353 g/mol. The minimum absolute atomic E-state index is 0.289. The van der Waals surface area contributed by atoms with Crippen LogP contribution in [0.1, 0.15) is 16.1 Å². The van der Waals surface area contributed by atoms with Gasteiger partial charge in [-0.2, -0.15) is 0 Å². The number of carbonyl (C=O) groups is 1. The van der Waals surface area contributed by atoms with Crippen LogP contribution in [0.25, 0.3) is 0 Å². The molecule has 0 aliphatic carbocycles. The lowest BCUT2D eigenvalue weighted by Crippen LogP contribution is -2.14. The SMILES string of the molecule is CNc1cccc(C(=O)Nc2cc(Cl)c(C)cc2Br)n1. The molecule has 6 heteroatoms. The van der Waals surface area contributed by atoms with Gasteiger partial charge in [0.05, 0.1) is 5.69 Å². The number of hydrogen-bond acceptors (Lipinski definition) is 3. The largest absolute Gasteiger partial charge is 0.373 e. The minimum atomic E-state index is -0.289. The van der Waals surface area contributed by atoms with Gasteiger partial charge in [0.2, 0.25) is 0 Å². The number of benzene rings is 1. The molecule has 0 radical (unpaired) electrons. The molecule has 0 saturated carbocycles. The number of rotatable bonds is 3. The van der Waals surface area contributed by atoms with Crippen LogP contribution < -0.4 is 10.6 Å². The van der Waals surface area contributed by atoms with E-state index in [9.17, 15) is 4.79 Å². The Bertz CT molecular complexity index is 661. The van der Waals surface area contributed by atoms with Crippen molar-refractivity contribution in [3.63, 3.8) is 0 Å². The summed E-state index contributed by atoms with van der Waals surface area (Å²) in [5, 5.41) is 6.28. The van der Waals surface area contributed by atoms with Gasteiger partial charge in [-0.15, -0.1) is 0 Å². The van der Waals surface area contributed by atoms with E-state index in [2.05, 4.69) is 31.5 Å². The lowest BCUT2D eigenvalue weighted by Gasteiger charge is -2.10. The number of hydrogen-bond donors (Lipinski definition) is 2. The van der Waals surface area contributed by atoms with Crippen molar-refractivity contribution in [1.29, 1.82) is 0 Å². The maximum Gasteiger partial charge on any atom is 0.274 e. The number of nitrogens with one attached hydrogen (secondary N) is 2. The summed E-state index contributed by atoms with van der Waals surface area (Å²) in [6, 6.07) is 8.77. The molecule has 0 spiro atoms. The number of pyridine rings is 1. The van der Waals surface area contributed by atoms with Gasteiger partial charge in [0.1, 0.15) is 11.5 Å². The number of nitrogens with zero attached hydrogens (tertiary/aromatic N) is 1. The summed E-state index contributed by atoms with van der Waals surface area (Å²) in [7, 11) is 1.75. The Balaban J connectivity index is 2.25. The molecule has 20 heavy (non-hydrogen) atoms. The zero-order chi connectivity index (χ0) is 14.7. The van der Waals surface area contributed by atoms with Crippen LogP contribution in [0.2, 0.25) is 5.02 Å². The molecule has 1 heterocycles. The molecular formula is C14H13BrClN3O. The minimum Gasteiger partial charge on any atom is -0.373 e. The standard InChI is InChI=1S/C14H13BrClN3O/c1-8-6-9(15)12(7-10(8)16)19-14(20)11-4-3-5-13(17-2)18-11/h3-7H,1-2H3,(H,17,18)(H,19,20). The van der Waals surface area contributed by atoms with E-state index in [4.69, 9.17) is 11.6 Å². The zero-order valence-electron chi connectivity index (χ0n) is 11.0. The highest BCUT2D eigenvalue weighted by Crippen LogP contribution is 2.29. The number of anilines is 2. The van der Waals surface area contributed by atoms with Gasteiger partial charge in [-0.25, -0.2) is 4.98 Å². The average Bonchev–Trinajstić information content (AvgIpc) is 2.44. The van der Waals surface area contributed by atoms with Crippen LogP contribution >= 0.6 is 27.5 Å². The van der Waals surface area contributed by atoms with Crippen molar-refractivity contribution in [2.75, 3.05) is 17.7 Å². The van der Waals surface area contributed by atoms with E-state index in [-0.39, 0.29) is 5.91 Å². The third-order valence-electron chi connectivity index (χ3n) is 2.73. The predicted octanol–water partition coefficient (Wildman–Crippen LogP) is 4.10. The molecular weight excluding hydrogens is 342 g/mol. The van der Waals surface area contributed by atoms with E-state index < -0.39 is 0 Å². The van der Waals surface area contributed by atoms with Crippen LogP contribution in [0.15, 0.2) is 34.8 Å². The fourth-order valence-electron chi connectivity index (χ4n) is 1.63. The molecule has 0 fully saturated rings. The second-order valence-electron chi connectivity index (χ2n) is 4.19. The molecule has 0 aliphatic heterocycles. The van der Waals surface area contributed by atoms with Crippen molar-refractivity contribution in [3.8, 4) is 0 Å². The first-order chi connectivity index (χ1) is 9.51. The van der Waals surface area contributed by atoms with Gasteiger partial charge in [-0.3, -0.25) is 4.79 Å². The molecule has 1 amide bonds. The van der Waals surface area contributed by atoms with Crippen LogP contribution in [0.5, 0.6) is 0 Å². The Kier molecular flexibility index (Phi) is 4.62. The summed E-state index contributed by atoms with van der Waals surface area (Å²) < 4.78 is 0.775. The fraction of sp³-hybridized carbons (Fsp3) is 0.143. The molecule has 0 unspecified atom stereocenters. The van der Waals surface area contributed by atoms with Crippen LogP contribution in [0, 0.1) is 6.92 Å². The van der Waals surface area contributed by atoms with Gasteiger partial charge < -0.3 is 10.6 Å². The van der Waals surface area contributed by atoms with E-state index in [1.54, 1.807) is 31.3 Å². The molecule has 0 atom stereocenters. The van der Waals surface area contributed by atoms with Crippen molar-refractivity contribution in [3.05, 3.63) is 51.1 Å². The molecule has 2 rings (SSSR count). The van der Waals surface area contributed by atoms with Gasteiger partial charge >= 0.3 is 0 Å². The number of halogens is 2. The first-order valence-corrected chi connectivity index (χ1v) is 7.10. The lowest BCUT2D eigenvalue weighted by atomic mass is 10.2. The molecule has 0 bridgehead atoms. The Hall–Kier alpha value is -1.59. The first-order valence-electron chi connectivity index (χ1n) is 5.93. The average molecular weight is 355 g/mol. The lowest BCUT2D eigenvalue weighted by molar-refractivity contribution is 0.102. The third-order valence-corrected chi connectivity index (χ3v) is 3.80. The van der Waals surface area contributed by atoms with Crippen molar-refractivity contribution in [2.45, 2.75) is 6.92 Å². The number of amides is 1. The first kappa shape index (κ1) is 14.8. The second-order valence-corrected chi connectivity index (χ2v) is 5.45. The van der Waals surface area contributed by atoms with E-state index in [0.717, 1.165) is 10.0 Å². The molecule has 2 N–H and O–H groups in total. The number of aromatic nitrogens is 1. The van der Waals surface area contributed by atoms with Gasteiger partial charge in [-0.05, 0) is 52.7 Å². The molecule has 0 aliphatic rings. The maximum absolute atomic E-state index is 12.2. The molecule has 0 saturated heterocycles. The summed E-state index contributed by atoms with van der Waals surface area (Å²) in [6.45, 7) is 1.90. The normalized spacial score (nSPS) is 10.2. The highest BCUT2D eigenvalue weighted by atomic mass is 79.9. The Labute approximate surface area is 130 Å². The number of carbonyl (C=O) groups excluding carboxylic acids is 1. The molecule has 4 nitrogen and oxygen atoms in total. The van der Waals surface area contributed by atoms with Gasteiger partial charge in [0, 0.05) is 16.5 Å². The van der Waals surface area contributed by atoms with Gasteiger partial charge in [-0.1, -0.05) is 17.7 Å². The van der Waals surface area contributed by atoms with Crippen LogP contribution in [-0.2, 0) is 0 Å². The smallest absolute Gasteiger partial charge is 0.274 e. The molecule has 2 aromatic rings. The summed E-state index contributed by atoms with van der Waals surface area (Å²) in [6.07, 6.45) is 0. The van der Waals surface area contributed by atoms with Crippen molar-refractivity contribution in [1.82, 2.24) is 4.98 Å². The molecule has 104 valence electrons. The fourth-order valence-corrected chi connectivity index (χ4v) is 2.35. The quantitative estimate of drug-likeness (QED) is 0.872. The predicted molar refractivity (Wildman–Crippen MR) is 85.6 cm³/mol. The summed E-state index contributed by atoms with van der Waals surface area (Å²) in [4.78, 5) is 16.4. The summed E-state index contributed by atoms with van der Waals surface area (Å²) >= 11 is 9.47. The van der Waals surface area contributed by atoms with Crippen molar-refractivity contribution >= 4 is 44.9 Å². The van der Waals surface area contributed by atoms with Gasteiger partial charge in [0.15, 0.2) is 0 Å². The van der Waals surface area contributed by atoms with E-state index in [1.807, 2.05) is 13.0 Å². The topological polar surface area (TPSA) is 54.0 Å². The summed E-state index contributed by atoms with van der Waals surface area (Å²) in [5.41, 5.74) is 1.88. The molecule has 1 aromatic carbocycles. The maximum atomic E-state index is 12.2. The zero-order valence-corrected chi connectivity index (χ0v) is 13.3. The van der Waals surface area contributed by atoms with Crippen molar-refractivity contribution in [2.24, 2.45) is 0 Å². The summed E-state index contributed by atoms with van der Waals surface area (Å²) in [5.74, 6) is 0.348. The van der Waals surface area contributed by atoms with E-state index in [0.29, 0.717) is 22.2 Å². The Morgan fingerprint density at radius 2 is 2.10 bits per heavy atom. The second kappa shape index (κ2) is 6.24. The molecule has 1 aromatic heterocycles. The highest BCUT2D eigenvalue weighted by molar-refractivity contribution is 9.10. The third kappa shape index (κ3) is 3.29. The highest BCUT2D eigenvalue weighted by Gasteiger charge is 2.11. The van der Waals surface area contributed by atoms with Crippen LogP contribution in [-0.4, -0.2) is 17.9 Å². The number of aryl methyl sites for hydroxylation is 1. The van der Waals surface area contributed by atoms with Crippen LogP contribution in [0.3, 0.4) is 0 Å².